The van der Waals surface area contributed by atoms with Crippen LogP contribution < -0.4 is 0 Å². The van der Waals surface area contributed by atoms with Gasteiger partial charge in [-0.15, -0.1) is 0 Å². The van der Waals surface area contributed by atoms with E-state index in [4.69, 9.17) is 0 Å². The molecule has 0 aliphatic heterocycles. The number of nitrogens with zero attached hydrogens (tertiary/aromatic N) is 1. The fraction of sp³-hybridized carbons (Fsp3) is 1.00. The van der Waals surface area contributed by atoms with Crippen LogP contribution in [-0.2, 0) is 0 Å². The average Bonchev–Trinajstić information content (AvgIpc) is 2.14. The van der Waals surface area contributed by atoms with Crippen LogP contribution in [0, 0.1) is 0 Å². The molecule has 0 aromatic rings. The van der Waals surface area contributed by atoms with Crippen LogP contribution in [0.4, 0.5) is 20.8 Å². The van der Waals surface area contributed by atoms with Crippen molar-refractivity contribution in [2.24, 2.45) is 0 Å². The molecule has 0 radical (unpaired) electrons. The number of hydrogen-bond acceptors (Lipinski definition) is 0. The van der Waals surface area contributed by atoms with E-state index in [1.165, 1.54) is 56.3 Å². The fourth-order valence-corrected chi connectivity index (χ4v) is 2.57. The van der Waals surface area contributed by atoms with Crippen molar-refractivity contribution >= 4 is 14.2 Å². The molecule has 0 spiro atoms. The van der Waals surface area contributed by atoms with E-state index in [0.717, 1.165) is 0 Å². The molecule has 0 fully saturated rings. The molecular formula is C12H28AsF6N. The number of halogens is 6. The van der Waals surface area contributed by atoms with Crippen LogP contribution in [0.15, 0.2) is 0 Å². The van der Waals surface area contributed by atoms with Crippen LogP contribution in [0.5, 0.6) is 0 Å². The summed E-state index contributed by atoms with van der Waals surface area (Å²) in [6, 6.07) is 0. The first-order valence-corrected chi connectivity index (χ1v) is 11.4. The molecule has 0 aromatic heterocycles. The predicted octanol–water partition coefficient (Wildman–Crippen LogP) is 5.58. The summed E-state index contributed by atoms with van der Waals surface area (Å²) in [5, 5.41) is 0. The summed E-state index contributed by atoms with van der Waals surface area (Å²) in [4.78, 5) is 0. The molecule has 0 saturated carbocycles. The Morgan fingerprint density at radius 3 is 0.800 bits per heavy atom. The summed E-state index contributed by atoms with van der Waals surface area (Å²) < 4.78 is 60.8. The summed E-state index contributed by atoms with van der Waals surface area (Å²) in [5.74, 6) is 0. The molecule has 128 valence electrons. The summed E-state index contributed by atoms with van der Waals surface area (Å²) in [6.45, 7) is 14.8. The fourth-order valence-electron chi connectivity index (χ4n) is 2.57. The molecule has 0 bridgehead atoms. The van der Waals surface area contributed by atoms with Crippen molar-refractivity contribution in [3.8, 4) is 0 Å². The van der Waals surface area contributed by atoms with Gasteiger partial charge in [0.25, 0.3) is 0 Å². The number of rotatable bonds is 8. The number of hydrogen-bond donors (Lipinski definition) is 0. The molecule has 0 aliphatic rings. The predicted molar refractivity (Wildman–Crippen MR) is 73.3 cm³/mol. The van der Waals surface area contributed by atoms with Gasteiger partial charge < -0.3 is 4.48 Å². The maximum atomic E-state index is 9.91. The van der Waals surface area contributed by atoms with Crippen LogP contribution >= 0.6 is 0 Å². The van der Waals surface area contributed by atoms with Gasteiger partial charge in [0, 0.05) is 0 Å². The van der Waals surface area contributed by atoms with Gasteiger partial charge in [-0.2, -0.15) is 0 Å². The Balaban J connectivity index is 0. The average molecular weight is 375 g/mol. The summed E-state index contributed by atoms with van der Waals surface area (Å²) in [7, 11) is 0. The minimum atomic E-state index is -11.1. The Bertz CT molecular complexity index is 220. The summed E-state index contributed by atoms with van der Waals surface area (Å²) in [6.07, 6.45) is 5.33. The van der Waals surface area contributed by atoms with Gasteiger partial charge in [0.15, 0.2) is 0 Å². The third-order valence-corrected chi connectivity index (χ3v) is 2.79. The molecule has 20 heavy (non-hydrogen) atoms. The monoisotopic (exact) mass is 375 g/mol. The molecule has 0 heterocycles. The molecule has 0 saturated heterocycles. The zero-order valence-corrected chi connectivity index (χ0v) is 14.7. The normalized spacial score (nSPS) is 15.9. The zero-order valence-electron chi connectivity index (χ0n) is 12.8. The van der Waals surface area contributed by atoms with Crippen LogP contribution in [0.3, 0.4) is 0 Å². The van der Waals surface area contributed by atoms with Gasteiger partial charge in [-0.05, 0) is 25.7 Å². The molecule has 1 nitrogen and oxygen atoms in total. The third kappa shape index (κ3) is 20.4. The summed E-state index contributed by atoms with van der Waals surface area (Å²) >= 11 is -11.1. The summed E-state index contributed by atoms with van der Waals surface area (Å²) in [5.41, 5.74) is 0. The van der Waals surface area contributed by atoms with Gasteiger partial charge in [0.1, 0.15) is 0 Å². The Hall–Kier alpha value is 0.0984. The van der Waals surface area contributed by atoms with Crippen LogP contribution in [0.1, 0.15) is 53.4 Å². The molecule has 8 heteroatoms. The van der Waals surface area contributed by atoms with Gasteiger partial charge in [0.05, 0.1) is 26.2 Å². The first-order valence-electron chi connectivity index (χ1n) is 7.11. The molecule has 0 rings (SSSR count). The number of quaternary nitrogens is 1. The van der Waals surface area contributed by atoms with E-state index in [1.807, 2.05) is 0 Å². The second kappa shape index (κ2) is 7.39. The van der Waals surface area contributed by atoms with Gasteiger partial charge in [0.2, 0.25) is 0 Å². The molecule has 0 aromatic carbocycles. The van der Waals surface area contributed by atoms with Crippen LogP contribution in [0.25, 0.3) is 0 Å². The van der Waals surface area contributed by atoms with E-state index in [0.29, 0.717) is 0 Å². The Kier molecular flexibility index (Phi) is 8.27. The second-order valence-electron chi connectivity index (χ2n) is 5.19. The van der Waals surface area contributed by atoms with E-state index < -0.39 is 14.2 Å². The molecule has 0 aliphatic carbocycles. The Morgan fingerprint density at radius 2 is 0.700 bits per heavy atom. The van der Waals surface area contributed by atoms with E-state index in [9.17, 15) is 20.8 Å². The topological polar surface area (TPSA) is 0 Å². The van der Waals surface area contributed by atoms with Gasteiger partial charge in [-0.3, -0.25) is 0 Å². The SMILES string of the molecule is CCC[N+](CCC)(CCC)CCC.F[As-](F)(F)(F)(F)F. The quantitative estimate of drug-likeness (QED) is 0.295. The van der Waals surface area contributed by atoms with E-state index in [1.54, 1.807) is 0 Å². The van der Waals surface area contributed by atoms with Crippen molar-refractivity contribution in [1.29, 1.82) is 0 Å². The van der Waals surface area contributed by atoms with Gasteiger partial charge in [-0.1, -0.05) is 27.7 Å². The Labute approximate surface area is 119 Å². The van der Waals surface area contributed by atoms with E-state index in [2.05, 4.69) is 27.7 Å². The van der Waals surface area contributed by atoms with Crippen molar-refractivity contribution in [2.45, 2.75) is 53.4 Å². The van der Waals surface area contributed by atoms with Gasteiger partial charge >= 0.3 is 35.0 Å². The van der Waals surface area contributed by atoms with Crippen molar-refractivity contribution in [3.63, 3.8) is 0 Å². The molecule has 0 amide bonds. The van der Waals surface area contributed by atoms with Crippen molar-refractivity contribution < 1.29 is 25.3 Å². The van der Waals surface area contributed by atoms with Gasteiger partial charge in [-0.25, -0.2) is 0 Å². The first kappa shape index (κ1) is 22.4. The van der Waals surface area contributed by atoms with Crippen LogP contribution in [0.2, 0.25) is 0 Å². The van der Waals surface area contributed by atoms with Crippen molar-refractivity contribution in [2.75, 3.05) is 26.2 Å². The third-order valence-electron chi connectivity index (χ3n) is 2.79. The maximum absolute atomic E-state index is 11.1. The first-order chi connectivity index (χ1) is 8.69. The van der Waals surface area contributed by atoms with E-state index >= 15 is 0 Å². The molecular weight excluding hydrogens is 347 g/mol. The zero-order chi connectivity index (χ0) is 16.6. The standard InChI is InChI=1S/C12H28N.AsF6/c1-5-9-13(10-6-2,11-7-3)12-8-4;2-1(3,4,5,6)7/h5-12H2,1-4H3;/q+1;-1. The minimum absolute atomic E-state index is 1.33. The molecule has 0 N–H and O–H groups in total. The van der Waals surface area contributed by atoms with Crippen LogP contribution in [-0.4, -0.2) is 44.8 Å². The molecule has 0 unspecified atom stereocenters. The van der Waals surface area contributed by atoms with Crippen molar-refractivity contribution in [3.05, 3.63) is 0 Å². The van der Waals surface area contributed by atoms with E-state index in [-0.39, 0.29) is 0 Å². The second-order valence-corrected chi connectivity index (χ2v) is 9.22. The molecule has 0 atom stereocenters. The van der Waals surface area contributed by atoms with Crippen molar-refractivity contribution in [1.82, 2.24) is 0 Å². The Morgan fingerprint density at radius 1 is 0.550 bits per heavy atom.